The molecule has 2 atom stereocenters. The second-order valence-corrected chi connectivity index (χ2v) is 9.63. The maximum atomic E-state index is 9.44. The summed E-state index contributed by atoms with van der Waals surface area (Å²) in [5.41, 5.74) is 2.13. The Morgan fingerprint density at radius 1 is 0.913 bits per heavy atom. The molecule has 0 aliphatic rings. The molecule has 1 aromatic rings. The smallest absolute Gasteiger partial charge is 0.115 e. The van der Waals surface area contributed by atoms with Gasteiger partial charge in [-0.1, -0.05) is 73.4 Å². The Hall–Kier alpha value is -0.980. The van der Waals surface area contributed by atoms with Crippen molar-refractivity contribution in [2.24, 2.45) is 22.7 Å². The second kappa shape index (κ2) is 8.22. The van der Waals surface area contributed by atoms with E-state index in [2.05, 4.69) is 60.6 Å². The molecule has 1 aromatic carbocycles. The number of rotatable bonds is 7. The van der Waals surface area contributed by atoms with Crippen LogP contribution in [0, 0.1) is 22.7 Å². The summed E-state index contributed by atoms with van der Waals surface area (Å²) in [6.45, 7) is 16.6. The number of benzene rings is 1. The fourth-order valence-electron chi connectivity index (χ4n) is 3.74. The van der Waals surface area contributed by atoms with Crippen LogP contribution in [0.4, 0.5) is 0 Å². The monoisotopic (exact) mass is 318 g/mol. The van der Waals surface area contributed by atoms with E-state index in [9.17, 15) is 5.11 Å². The molecule has 2 unspecified atom stereocenters. The first-order chi connectivity index (χ1) is 10.5. The molecule has 0 saturated carbocycles. The van der Waals surface area contributed by atoms with Crippen LogP contribution in [-0.4, -0.2) is 5.11 Å². The average Bonchev–Trinajstić information content (AvgIpc) is 2.38. The molecule has 1 rings (SSSR count). The largest absolute Gasteiger partial charge is 0.508 e. The van der Waals surface area contributed by atoms with Gasteiger partial charge in [0.2, 0.25) is 0 Å². The minimum atomic E-state index is 0.345. The van der Waals surface area contributed by atoms with Crippen LogP contribution < -0.4 is 0 Å². The van der Waals surface area contributed by atoms with Crippen molar-refractivity contribution in [2.45, 2.75) is 80.6 Å². The summed E-state index contributed by atoms with van der Waals surface area (Å²) in [6.07, 6.45) is 6.40. The van der Waals surface area contributed by atoms with E-state index in [1.54, 1.807) is 12.1 Å². The van der Waals surface area contributed by atoms with E-state index >= 15 is 0 Å². The summed E-state index contributed by atoms with van der Waals surface area (Å²) in [7, 11) is 0. The van der Waals surface area contributed by atoms with Gasteiger partial charge in [0.05, 0.1) is 0 Å². The molecule has 0 bridgehead atoms. The molecule has 0 saturated heterocycles. The van der Waals surface area contributed by atoms with E-state index in [1.165, 1.54) is 31.2 Å². The highest BCUT2D eigenvalue weighted by Gasteiger charge is 2.29. The molecule has 0 fully saturated rings. The zero-order valence-electron chi connectivity index (χ0n) is 16.4. The van der Waals surface area contributed by atoms with Crippen molar-refractivity contribution in [2.75, 3.05) is 0 Å². The van der Waals surface area contributed by atoms with Crippen molar-refractivity contribution in [3.63, 3.8) is 0 Å². The molecular weight excluding hydrogens is 280 g/mol. The van der Waals surface area contributed by atoms with Gasteiger partial charge >= 0.3 is 0 Å². The molecule has 1 heteroatoms. The molecule has 0 aliphatic carbocycles. The minimum Gasteiger partial charge on any atom is -0.508 e. The standard InChI is InChI=1S/C22H38O/c1-17(16-18-11-13-19(23)14-12-18)20(22(5,6)7)10-8-9-15-21(2,3)4/h11-14,17,20,23H,8-10,15-16H2,1-7H3. The zero-order valence-corrected chi connectivity index (χ0v) is 16.4. The predicted octanol–water partition coefficient (Wildman–Crippen LogP) is 6.84. The second-order valence-electron chi connectivity index (χ2n) is 9.63. The lowest BCUT2D eigenvalue weighted by atomic mass is 9.69. The number of unbranched alkanes of at least 4 members (excludes halogenated alkanes) is 1. The molecule has 0 aromatic heterocycles. The van der Waals surface area contributed by atoms with Crippen LogP contribution in [0.3, 0.4) is 0 Å². The van der Waals surface area contributed by atoms with Crippen molar-refractivity contribution in [3.8, 4) is 5.75 Å². The molecule has 1 nitrogen and oxygen atoms in total. The molecule has 0 amide bonds. The normalized spacial score (nSPS) is 15.4. The van der Waals surface area contributed by atoms with Crippen LogP contribution in [0.15, 0.2) is 24.3 Å². The molecule has 1 N–H and O–H groups in total. The van der Waals surface area contributed by atoms with Gasteiger partial charge in [-0.15, -0.1) is 0 Å². The van der Waals surface area contributed by atoms with Gasteiger partial charge in [0, 0.05) is 0 Å². The molecule has 0 spiro atoms. The Morgan fingerprint density at radius 3 is 1.96 bits per heavy atom. The van der Waals surface area contributed by atoms with E-state index in [0.29, 0.717) is 22.5 Å². The summed E-state index contributed by atoms with van der Waals surface area (Å²) < 4.78 is 0. The van der Waals surface area contributed by atoms with Crippen LogP contribution in [0.5, 0.6) is 5.75 Å². The van der Waals surface area contributed by atoms with Gasteiger partial charge in [0.15, 0.2) is 0 Å². The van der Waals surface area contributed by atoms with Gasteiger partial charge < -0.3 is 5.11 Å². The van der Waals surface area contributed by atoms with Gasteiger partial charge in [0.25, 0.3) is 0 Å². The Morgan fingerprint density at radius 2 is 1.48 bits per heavy atom. The maximum absolute atomic E-state index is 9.44. The highest BCUT2D eigenvalue weighted by molar-refractivity contribution is 5.26. The number of hydrogen-bond acceptors (Lipinski definition) is 1. The van der Waals surface area contributed by atoms with Gasteiger partial charge in [-0.3, -0.25) is 0 Å². The molecule has 0 aliphatic heterocycles. The first kappa shape index (κ1) is 20.1. The van der Waals surface area contributed by atoms with E-state index < -0.39 is 0 Å². The third-order valence-corrected chi connectivity index (χ3v) is 4.99. The fraction of sp³-hybridized carbons (Fsp3) is 0.727. The Labute approximate surface area is 144 Å². The highest BCUT2D eigenvalue weighted by atomic mass is 16.3. The summed E-state index contributed by atoms with van der Waals surface area (Å²) >= 11 is 0. The Kier molecular flexibility index (Phi) is 7.17. The van der Waals surface area contributed by atoms with Crippen molar-refractivity contribution >= 4 is 0 Å². The molecule has 0 radical (unpaired) electrons. The summed E-state index contributed by atoms with van der Waals surface area (Å²) in [6, 6.07) is 7.73. The lowest BCUT2D eigenvalue weighted by Crippen LogP contribution is -2.28. The SMILES string of the molecule is CC(Cc1ccc(O)cc1)C(CCCCC(C)(C)C)C(C)(C)C. The molecular formula is C22H38O. The first-order valence-corrected chi connectivity index (χ1v) is 9.27. The lowest BCUT2D eigenvalue weighted by molar-refractivity contribution is 0.149. The Bertz CT molecular complexity index is 444. The lowest BCUT2D eigenvalue weighted by Gasteiger charge is -2.36. The van der Waals surface area contributed by atoms with E-state index in [-0.39, 0.29) is 0 Å². The van der Waals surface area contributed by atoms with Crippen molar-refractivity contribution in [1.82, 2.24) is 0 Å². The molecule has 0 heterocycles. The van der Waals surface area contributed by atoms with Gasteiger partial charge in [-0.25, -0.2) is 0 Å². The average molecular weight is 319 g/mol. The van der Waals surface area contributed by atoms with E-state index in [0.717, 1.165) is 12.3 Å². The fourth-order valence-corrected chi connectivity index (χ4v) is 3.74. The number of aromatic hydroxyl groups is 1. The third kappa shape index (κ3) is 7.90. The first-order valence-electron chi connectivity index (χ1n) is 9.27. The number of hydrogen-bond donors (Lipinski definition) is 1. The number of phenols is 1. The van der Waals surface area contributed by atoms with Crippen molar-refractivity contribution in [1.29, 1.82) is 0 Å². The van der Waals surface area contributed by atoms with Gasteiger partial charge in [0.1, 0.15) is 5.75 Å². The van der Waals surface area contributed by atoms with Crippen LogP contribution in [0.1, 0.15) is 79.7 Å². The minimum absolute atomic E-state index is 0.345. The molecule has 132 valence electrons. The van der Waals surface area contributed by atoms with Gasteiger partial charge in [-0.05, 0) is 59.6 Å². The van der Waals surface area contributed by atoms with Crippen LogP contribution in [0.25, 0.3) is 0 Å². The zero-order chi connectivity index (χ0) is 17.7. The van der Waals surface area contributed by atoms with Crippen molar-refractivity contribution in [3.05, 3.63) is 29.8 Å². The number of phenolic OH excluding ortho intramolecular Hbond substituents is 1. The van der Waals surface area contributed by atoms with Crippen molar-refractivity contribution < 1.29 is 5.11 Å². The van der Waals surface area contributed by atoms with Crippen LogP contribution in [-0.2, 0) is 6.42 Å². The van der Waals surface area contributed by atoms with Gasteiger partial charge in [-0.2, -0.15) is 0 Å². The van der Waals surface area contributed by atoms with Crippen LogP contribution >= 0.6 is 0 Å². The van der Waals surface area contributed by atoms with E-state index in [1.807, 2.05) is 0 Å². The summed E-state index contributed by atoms with van der Waals surface area (Å²) in [5.74, 6) is 1.75. The molecule has 23 heavy (non-hydrogen) atoms. The highest BCUT2D eigenvalue weighted by Crippen LogP contribution is 2.38. The Balaban J connectivity index is 2.60. The predicted molar refractivity (Wildman–Crippen MR) is 102 cm³/mol. The quantitative estimate of drug-likeness (QED) is 0.546. The summed E-state index contributed by atoms with van der Waals surface area (Å²) in [4.78, 5) is 0. The topological polar surface area (TPSA) is 20.2 Å². The maximum Gasteiger partial charge on any atom is 0.115 e. The third-order valence-electron chi connectivity index (χ3n) is 4.99. The van der Waals surface area contributed by atoms with Crippen LogP contribution in [0.2, 0.25) is 0 Å². The van der Waals surface area contributed by atoms with E-state index in [4.69, 9.17) is 0 Å². The summed E-state index contributed by atoms with van der Waals surface area (Å²) in [5, 5.41) is 9.44.